The van der Waals surface area contributed by atoms with Gasteiger partial charge in [-0.2, -0.15) is 0 Å². The molecule has 1 aromatic carbocycles. The van der Waals surface area contributed by atoms with Crippen LogP contribution in [0.25, 0.3) is 0 Å². The van der Waals surface area contributed by atoms with Crippen LogP contribution in [0.2, 0.25) is 0 Å². The van der Waals surface area contributed by atoms with Gasteiger partial charge in [-0.05, 0) is 25.6 Å². The van der Waals surface area contributed by atoms with Gasteiger partial charge in [0.1, 0.15) is 5.84 Å². The lowest BCUT2D eigenvalue weighted by Crippen LogP contribution is -2.47. The molecule has 1 heterocycles. The van der Waals surface area contributed by atoms with Crippen LogP contribution in [0.15, 0.2) is 29.2 Å². The fourth-order valence-electron chi connectivity index (χ4n) is 2.03. The second kappa shape index (κ2) is 6.25. The van der Waals surface area contributed by atoms with Gasteiger partial charge in [-0.1, -0.05) is 18.2 Å². The summed E-state index contributed by atoms with van der Waals surface area (Å²) in [6.07, 6.45) is 0. The minimum absolute atomic E-state index is 0.761. The highest BCUT2D eigenvalue weighted by molar-refractivity contribution is 8.00. The van der Waals surface area contributed by atoms with Crippen molar-refractivity contribution in [2.75, 3.05) is 39.0 Å². The summed E-state index contributed by atoms with van der Waals surface area (Å²) in [7, 11) is 2.14. The molecule has 0 radical (unpaired) electrons. The third-order valence-corrected chi connectivity index (χ3v) is 4.53. The lowest BCUT2D eigenvalue weighted by atomic mass is 10.2. The molecule has 0 aliphatic carbocycles. The Bertz CT molecular complexity index is 411. The summed E-state index contributed by atoms with van der Waals surface area (Å²) in [6, 6.07) is 8.39. The van der Waals surface area contributed by atoms with E-state index < -0.39 is 0 Å². The van der Waals surface area contributed by atoms with Crippen molar-refractivity contribution in [2.45, 2.75) is 11.8 Å². The molecule has 1 aromatic rings. The maximum atomic E-state index is 8.16. The molecular formula is C14H21N3S. The Morgan fingerprint density at radius 3 is 2.56 bits per heavy atom. The van der Waals surface area contributed by atoms with Crippen LogP contribution in [0.4, 0.5) is 0 Å². The molecule has 0 saturated carbocycles. The fraction of sp³-hybridized carbons (Fsp3) is 0.500. The minimum atomic E-state index is 0.761. The highest BCUT2D eigenvalue weighted by atomic mass is 32.2. The van der Waals surface area contributed by atoms with Crippen molar-refractivity contribution in [2.24, 2.45) is 0 Å². The molecule has 0 bridgehead atoms. The van der Waals surface area contributed by atoms with E-state index in [4.69, 9.17) is 5.41 Å². The van der Waals surface area contributed by atoms with Gasteiger partial charge in [-0.3, -0.25) is 5.41 Å². The number of benzene rings is 1. The van der Waals surface area contributed by atoms with Crippen LogP contribution in [-0.2, 0) is 0 Å². The second-order valence-corrected chi connectivity index (χ2v) is 5.81. The van der Waals surface area contributed by atoms with Gasteiger partial charge >= 0.3 is 0 Å². The second-order valence-electron chi connectivity index (χ2n) is 4.79. The van der Waals surface area contributed by atoms with Crippen LogP contribution in [0.3, 0.4) is 0 Å². The number of amidine groups is 1. The van der Waals surface area contributed by atoms with E-state index in [1.54, 1.807) is 11.8 Å². The van der Waals surface area contributed by atoms with E-state index in [9.17, 15) is 0 Å². The Morgan fingerprint density at radius 2 is 1.89 bits per heavy atom. The quantitative estimate of drug-likeness (QED) is 0.516. The maximum absolute atomic E-state index is 8.16. The molecule has 2 rings (SSSR count). The summed E-state index contributed by atoms with van der Waals surface area (Å²) in [5, 5.41) is 8.16. The van der Waals surface area contributed by atoms with Gasteiger partial charge in [0.2, 0.25) is 0 Å². The van der Waals surface area contributed by atoms with E-state index in [0.717, 1.165) is 37.8 Å². The van der Waals surface area contributed by atoms with Gasteiger partial charge in [0.05, 0.1) is 5.75 Å². The maximum Gasteiger partial charge on any atom is 0.106 e. The molecular weight excluding hydrogens is 242 g/mol. The number of nitrogens with one attached hydrogen (secondary N) is 1. The predicted molar refractivity (Wildman–Crippen MR) is 78.7 cm³/mol. The van der Waals surface area contributed by atoms with E-state index in [2.05, 4.69) is 48.0 Å². The Labute approximate surface area is 114 Å². The zero-order valence-electron chi connectivity index (χ0n) is 11.1. The van der Waals surface area contributed by atoms with E-state index in [1.165, 1.54) is 10.5 Å². The van der Waals surface area contributed by atoms with Crippen molar-refractivity contribution in [3.05, 3.63) is 29.8 Å². The number of rotatable bonds is 3. The van der Waals surface area contributed by atoms with E-state index in [0.29, 0.717) is 0 Å². The number of aryl methyl sites for hydroxylation is 1. The number of nitrogens with zero attached hydrogens (tertiary/aromatic N) is 2. The van der Waals surface area contributed by atoms with Crippen molar-refractivity contribution < 1.29 is 0 Å². The molecule has 1 saturated heterocycles. The molecule has 18 heavy (non-hydrogen) atoms. The third kappa shape index (κ3) is 3.50. The molecule has 0 spiro atoms. The topological polar surface area (TPSA) is 30.3 Å². The van der Waals surface area contributed by atoms with Gasteiger partial charge in [0.25, 0.3) is 0 Å². The number of piperazine rings is 1. The van der Waals surface area contributed by atoms with E-state index >= 15 is 0 Å². The first-order valence-electron chi connectivity index (χ1n) is 6.36. The first-order valence-corrected chi connectivity index (χ1v) is 7.35. The molecule has 1 aliphatic heterocycles. The summed E-state index contributed by atoms with van der Waals surface area (Å²) in [5.41, 5.74) is 1.30. The Morgan fingerprint density at radius 1 is 1.22 bits per heavy atom. The number of hydrogen-bond acceptors (Lipinski definition) is 3. The lowest BCUT2D eigenvalue weighted by molar-refractivity contribution is 0.214. The summed E-state index contributed by atoms with van der Waals surface area (Å²) in [5.74, 6) is 1.53. The Balaban J connectivity index is 1.83. The van der Waals surface area contributed by atoms with E-state index in [1.807, 2.05) is 0 Å². The van der Waals surface area contributed by atoms with Crippen LogP contribution in [0.1, 0.15) is 5.56 Å². The summed E-state index contributed by atoms with van der Waals surface area (Å²) in [6.45, 7) is 6.24. The van der Waals surface area contributed by atoms with Crippen LogP contribution in [0, 0.1) is 12.3 Å². The Kier molecular flexibility index (Phi) is 4.66. The normalized spacial score (nSPS) is 16.9. The van der Waals surface area contributed by atoms with E-state index in [-0.39, 0.29) is 0 Å². The first kappa shape index (κ1) is 13.4. The summed E-state index contributed by atoms with van der Waals surface area (Å²) < 4.78 is 0. The Hall–Kier alpha value is -1.00. The number of hydrogen-bond donors (Lipinski definition) is 1. The molecule has 1 fully saturated rings. The molecule has 98 valence electrons. The van der Waals surface area contributed by atoms with Crippen molar-refractivity contribution >= 4 is 17.6 Å². The van der Waals surface area contributed by atoms with Crippen molar-refractivity contribution in [1.29, 1.82) is 5.41 Å². The van der Waals surface area contributed by atoms with Crippen LogP contribution in [-0.4, -0.2) is 54.6 Å². The number of thioether (sulfide) groups is 1. The third-order valence-electron chi connectivity index (χ3n) is 3.34. The summed E-state index contributed by atoms with van der Waals surface area (Å²) >= 11 is 1.77. The van der Waals surface area contributed by atoms with Crippen molar-refractivity contribution in [3.8, 4) is 0 Å². The largest absolute Gasteiger partial charge is 0.357 e. The van der Waals surface area contributed by atoms with Crippen LogP contribution in [0.5, 0.6) is 0 Å². The molecule has 0 amide bonds. The first-order chi connectivity index (χ1) is 8.66. The average molecular weight is 263 g/mol. The molecule has 0 aromatic heterocycles. The highest BCUT2D eigenvalue weighted by Gasteiger charge is 2.16. The van der Waals surface area contributed by atoms with Gasteiger partial charge in [-0.25, -0.2) is 0 Å². The van der Waals surface area contributed by atoms with Gasteiger partial charge < -0.3 is 9.80 Å². The smallest absolute Gasteiger partial charge is 0.106 e. The SMILES string of the molecule is Cc1ccccc1SCC(=N)N1CCN(C)CC1. The molecule has 4 heteroatoms. The monoisotopic (exact) mass is 263 g/mol. The molecule has 1 aliphatic rings. The van der Waals surface area contributed by atoms with Gasteiger partial charge in [-0.15, -0.1) is 11.8 Å². The standard InChI is InChI=1S/C14H21N3S/c1-12-5-3-4-6-13(12)18-11-14(15)17-9-7-16(2)8-10-17/h3-6,15H,7-11H2,1-2H3. The fourth-order valence-corrected chi connectivity index (χ4v) is 2.98. The van der Waals surface area contributed by atoms with Crippen molar-refractivity contribution in [1.82, 2.24) is 9.80 Å². The highest BCUT2D eigenvalue weighted by Crippen LogP contribution is 2.22. The zero-order valence-corrected chi connectivity index (χ0v) is 12.0. The zero-order chi connectivity index (χ0) is 13.0. The average Bonchev–Trinajstić information content (AvgIpc) is 2.38. The van der Waals surface area contributed by atoms with Crippen LogP contribution >= 0.6 is 11.8 Å². The molecule has 1 N–H and O–H groups in total. The molecule has 0 atom stereocenters. The lowest BCUT2D eigenvalue weighted by Gasteiger charge is -2.34. The van der Waals surface area contributed by atoms with Crippen molar-refractivity contribution in [3.63, 3.8) is 0 Å². The minimum Gasteiger partial charge on any atom is -0.357 e. The van der Waals surface area contributed by atoms with Crippen LogP contribution < -0.4 is 0 Å². The predicted octanol–water partition coefficient (Wildman–Crippen LogP) is 2.31. The van der Waals surface area contributed by atoms with Gasteiger partial charge in [0.15, 0.2) is 0 Å². The number of likely N-dealkylation sites (N-methyl/N-ethyl adjacent to an activating group) is 1. The summed E-state index contributed by atoms with van der Waals surface area (Å²) in [4.78, 5) is 5.81. The molecule has 3 nitrogen and oxygen atoms in total. The van der Waals surface area contributed by atoms with Gasteiger partial charge in [0, 0.05) is 31.1 Å². The molecule has 0 unspecified atom stereocenters.